The molecule has 1 amide bonds. The number of ether oxygens (including phenoxy) is 2. The van der Waals surface area contributed by atoms with E-state index < -0.39 is 5.60 Å². The van der Waals surface area contributed by atoms with Crippen LogP contribution in [0.1, 0.15) is 34.1 Å². The van der Waals surface area contributed by atoms with Crippen LogP contribution in [0.4, 0.5) is 4.79 Å². The van der Waals surface area contributed by atoms with Gasteiger partial charge in [-0.15, -0.1) is 0 Å². The zero-order chi connectivity index (χ0) is 15.7. The van der Waals surface area contributed by atoms with E-state index in [1.807, 2.05) is 27.7 Å². The Morgan fingerprint density at radius 1 is 1.38 bits per heavy atom. The third kappa shape index (κ3) is 3.48. The van der Waals surface area contributed by atoms with Crippen molar-refractivity contribution in [2.75, 3.05) is 32.8 Å². The van der Waals surface area contributed by atoms with Gasteiger partial charge in [-0.3, -0.25) is 4.79 Å². The van der Waals surface area contributed by atoms with Gasteiger partial charge in [-0.25, -0.2) is 4.79 Å². The summed E-state index contributed by atoms with van der Waals surface area (Å²) in [6, 6.07) is 0. The van der Waals surface area contributed by atoms with Crippen molar-refractivity contribution in [3.8, 4) is 0 Å². The van der Waals surface area contributed by atoms with Crippen LogP contribution in [0, 0.1) is 11.3 Å². The SMILES string of the molecule is CCOC(=O)[C@@H]1CNC[C@@]12CCN(C(=O)OC(C)(C)C)C2. The average molecular weight is 298 g/mol. The molecule has 0 aromatic carbocycles. The van der Waals surface area contributed by atoms with Crippen LogP contribution in [-0.4, -0.2) is 55.3 Å². The molecule has 6 nitrogen and oxygen atoms in total. The van der Waals surface area contributed by atoms with Crippen LogP contribution in [0.2, 0.25) is 0 Å². The molecule has 2 fully saturated rings. The minimum atomic E-state index is -0.499. The molecule has 0 saturated carbocycles. The Balaban J connectivity index is 2.02. The van der Waals surface area contributed by atoms with E-state index in [4.69, 9.17) is 9.47 Å². The van der Waals surface area contributed by atoms with Crippen molar-refractivity contribution >= 4 is 12.1 Å². The monoisotopic (exact) mass is 298 g/mol. The normalized spacial score (nSPS) is 29.0. The third-order valence-corrected chi connectivity index (χ3v) is 4.17. The van der Waals surface area contributed by atoms with Crippen molar-refractivity contribution in [3.05, 3.63) is 0 Å². The lowest BCUT2D eigenvalue weighted by Gasteiger charge is -2.29. The zero-order valence-corrected chi connectivity index (χ0v) is 13.4. The summed E-state index contributed by atoms with van der Waals surface area (Å²) in [4.78, 5) is 26.0. The molecule has 1 spiro atoms. The molecule has 0 bridgehead atoms. The maximum absolute atomic E-state index is 12.2. The molecule has 0 aromatic heterocycles. The molecule has 1 N–H and O–H groups in total. The third-order valence-electron chi connectivity index (χ3n) is 4.17. The van der Waals surface area contributed by atoms with E-state index in [0.29, 0.717) is 26.2 Å². The summed E-state index contributed by atoms with van der Waals surface area (Å²) >= 11 is 0. The molecule has 2 rings (SSSR count). The first-order valence-corrected chi connectivity index (χ1v) is 7.63. The molecule has 120 valence electrons. The number of likely N-dealkylation sites (tertiary alicyclic amines) is 1. The molecule has 2 aliphatic rings. The highest BCUT2D eigenvalue weighted by molar-refractivity contribution is 5.75. The molecule has 2 heterocycles. The first kappa shape index (κ1) is 16.1. The highest BCUT2D eigenvalue weighted by atomic mass is 16.6. The Kier molecular flexibility index (Phi) is 4.46. The fraction of sp³-hybridized carbons (Fsp3) is 0.867. The molecule has 2 atom stereocenters. The lowest BCUT2D eigenvalue weighted by molar-refractivity contribution is -0.150. The summed E-state index contributed by atoms with van der Waals surface area (Å²) in [6.07, 6.45) is 0.511. The number of hydrogen-bond donors (Lipinski definition) is 1. The van der Waals surface area contributed by atoms with Crippen molar-refractivity contribution in [1.82, 2.24) is 10.2 Å². The van der Waals surface area contributed by atoms with Crippen molar-refractivity contribution in [1.29, 1.82) is 0 Å². The molecule has 0 aromatic rings. The Bertz CT molecular complexity index is 418. The van der Waals surface area contributed by atoms with Gasteiger partial charge in [0, 0.05) is 31.6 Å². The standard InChI is InChI=1S/C15H26N2O4/c1-5-20-12(18)11-8-16-9-15(11)6-7-17(10-15)13(19)21-14(2,3)4/h11,16H,5-10H2,1-4H3/t11-,15+/m0/s1. The summed E-state index contributed by atoms with van der Waals surface area (Å²) < 4.78 is 10.6. The van der Waals surface area contributed by atoms with Gasteiger partial charge in [-0.2, -0.15) is 0 Å². The first-order chi connectivity index (χ1) is 9.77. The molecule has 2 aliphatic heterocycles. The number of hydrogen-bond acceptors (Lipinski definition) is 5. The molecular weight excluding hydrogens is 272 g/mol. The Morgan fingerprint density at radius 3 is 2.71 bits per heavy atom. The fourth-order valence-electron chi connectivity index (χ4n) is 3.19. The minimum absolute atomic E-state index is 0.159. The average Bonchev–Trinajstić information content (AvgIpc) is 2.96. The van der Waals surface area contributed by atoms with E-state index in [1.54, 1.807) is 4.90 Å². The van der Waals surface area contributed by atoms with Crippen LogP contribution in [0.3, 0.4) is 0 Å². The second-order valence-corrected chi connectivity index (χ2v) is 6.95. The maximum atomic E-state index is 12.2. The highest BCUT2D eigenvalue weighted by Crippen LogP contribution is 2.41. The van der Waals surface area contributed by atoms with E-state index in [1.165, 1.54) is 0 Å². The molecule has 0 unspecified atom stereocenters. The van der Waals surface area contributed by atoms with E-state index in [2.05, 4.69) is 5.32 Å². The van der Waals surface area contributed by atoms with Crippen LogP contribution in [0.25, 0.3) is 0 Å². The van der Waals surface area contributed by atoms with Crippen LogP contribution in [0.5, 0.6) is 0 Å². The number of rotatable bonds is 2. The quantitative estimate of drug-likeness (QED) is 0.780. The topological polar surface area (TPSA) is 67.9 Å². The number of carbonyl (C=O) groups is 2. The predicted octanol–water partition coefficient (Wildman–Crippen LogP) is 1.40. The van der Waals surface area contributed by atoms with Gasteiger partial charge in [-0.1, -0.05) is 0 Å². The fourth-order valence-corrected chi connectivity index (χ4v) is 3.19. The molecule has 2 saturated heterocycles. The molecule has 21 heavy (non-hydrogen) atoms. The lowest BCUT2D eigenvalue weighted by Crippen LogP contribution is -2.41. The van der Waals surface area contributed by atoms with Crippen molar-refractivity contribution in [2.45, 2.75) is 39.7 Å². The van der Waals surface area contributed by atoms with Gasteiger partial charge in [0.2, 0.25) is 0 Å². The van der Waals surface area contributed by atoms with Crippen LogP contribution in [-0.2, 0) is 14.3 Å². The summed E-state index contributed by atoms with van der Waals surface area (Å²) in [5.41, 5.74) is -0.704. The van der Waals surface area contributed by atoms with Crippen LogP contribution >= 0.6 is 0 Å². The summed E-state index contributed by atoms with van der Waals surface area (Å²) in [5.74, 6) is -0.335. The van der Waals surface area contributed by atoms with Crippen molar-refractivity contribution < 1.29 is 19.1 Å². The molecule has 0 aliphatic carbocycles. The minimum Gasteiger partial charge on any atom is -0.466 e. The van der Waals surface area contributed by atoms with E-state index in [9.17, 15) is 9.59 Å². The largest absolute Gasteiger partial charge is 0.466 e. The van der Waals surface area contributed by atoms with Gasteiger partial charge in [0.15, 0.2) is 0 Å². The van der Waals surface area contributed by atoms with E-state index >= 15 is 0 Å². The van der Waals surface area contributed by atoms with Crippen LogP contribution < -0.4 is 5.32 Å². The Morgan fingerprint density at radius 2 is 2.10 bits per heavy atom. The van der Waals surface area contributed by atoms with E-state index in [-0.39, 0.29) is 23.4 Å². The van der Waals surface area contributed by atoms with Gasteiger partial charge in [0.25, 0.3) is 0 Å². The number of esters is 1. The smallest absolute Gasteiger partial charge is 0.410 e. The number of nitrogens with one attached hydrogen (secondary N) is 1. The second kappa shape index (κ2) is 5.83. The van der Waals surface area contributed by atoms with Crippen molar-refractivity contribution in [2.24, 2.45) is 11.3 Å². The summed E-state index contributed by atoms with van der Waals surface area (Å²) in [5, 5.41) is 3.27. The number of amides is 1. The maximum Gasteiger partial charge on any atom is 0.410 e. The number of carbonyl (C=O) groups excluding carboxylic acids is 2. The van der Waals surface area contributed by atoms with Gasteiger partial charge < -0.3 is 19.7 Å². The molecular formula is C15H26N2O4. The Labute approximate surface area is 126 Å². The lowest BCUT2D eigenvalue weighted by atomic mass is 9.77. The summed E-state index contributed by atoms with van der Waals surface area (Å²) in [6.45, 7) is 10.3. The highest BCUT2D eigenvalue weighted by Gasteiger charge is 2.52. The van der Waals surface area contributed by atoms with Crippen molar-refractivity contribution in [3.63, 3.8) is 0 Å². The Hall–Kier alpha value is -1.30. The van der Waals surface area contributed by atoms with Gasteiger partial charge in [0.1, 0.15) is 5.60 Å². The predicted molar refractivity (Wildman–Crippen MR) is 77.8 cm³/mol. The van der Waals surface area contributed by atoms with Gasteiger partial charge >= 0.3 is 12.1 Å². The van der Waals surface area contributed by atoms with Gasteiger partial charge in [0.05, 0.1) is 12.5 Å². The second-order valence-electron chi connectivity index (χ2n) is 6.95. The first-order valence-electron chi connectivity index (χ1n) is 7.63. The van der Waals surface area contributed by atoms with Gasteiger partial charge in [-0.05, 0) is 34.1 Å². The zero-order valence-electron chi connectivity index (χ0n) is 13.4. The number of nitrogens with zero attached hydrogens (tertiary/aromatic N) is 1. The molecule has 0 radical (unpaired) electrons. The van der Waals surface area contributed by atoms with Crippen LogP contribution in [0.15, 0.2) is 0 Å². The summed E-state index contributed by atoms with van der Waals surface area (Å²) in [7, 11) is 0. The molecule has 6 heteroatoms. The van der Waals surface area contributed by atoms with E-state index in [0.717, 1.165) is 13.0 Å².